The van der Waals surface area contributed by atoms with Gasteiger partial charge in [-0.25, -0.2) is 8.42 Å². The molecule has 6 nitrogen and oxygen atoms in total. The largest absolute Gasteiger partial charge is 0.393 e. The number of nitro groups is 1. The maximum absolute atomic E-state index is 11.4. The van der Waals surface area contributed by atoms with Gasteiger partial charge in [0.15, 0.2) is 9.84 Å². The van der Waals surface area contributed by atoms with Crippen molar-refractivity contribution in [2.75, 3.05) is 12.0 Å². The molecule has 7 heteroatoms. The minimum absolute atomic E-state index is 0.0894. The van der Waals surface area contributed by atoms with Crippen molar-refractivity contribution in [3.8, 4) is 11.1 Å². The lowest BCUT2D eigenvalue weighted by atomic mass is 10.0. The molecule has 0 spiro atoms. The van der Waals surface area contributed by atoms with Crippen molar-refractivity contribution >= 4 is 21.2 Å². The number of nitrogens with two attached hydrogens (primary N) is 1. The van der Waals surface area contributed by atoms with Crippen LogP contribution in [0.25, 0.3) is 11.1 Å². The molecule has 104 valence electrons. The number of nitrogen functional groups attached to an aromatic ring is 1. The summed E-state index contributed by atoms with van der Waals surface area (Å²) in [4.78, 5) is 10.5. The average Bonchev–Trinajstić information content (AvgIpc) is 2.38. The van der Waals surface area contributed by atoms with E-state index in [1.54, 1.807) is 18.2 Å². The van der Waals surface area contributed by atoms with Crippen LogP contribution < -0.4 is 5.73 Å². The molecule has 0 saturated heterocycles. The van der Waals surface area contributed by atoms with Crippen molar-refractivity contribution in [3.63, 3.8) is 0 Å². The highest BCUT2D eigenvalue weighted by atomic mass is 32.2. The first-order valence-electron chi connectivity index (χ1n) is 5.63. The minimum Gasteiger partial charge on any atom is -0.393 e. The molecule has 2 aromatic rings. The fourth-order valence-electron chi connectivity index (χ4n) is 1.78. The lowest BCUT2D eigenvalue weighted by Crippen LogP contribution is -1.97. The van der Waals surface area contributed by atoms with E-state index in [-0.39, 0.29) is 16.3 Å². The van der Waals surface area contributed by atoms with Gasteiger partial charge in [-0.2, -0.15) is 0 Å². The molecule has 0 amide bonds. The van der Waals surface area contributed by atoms with E-state index in [1.165, 1.54) is 24.3 Å². The smallest absolute Gasteiger partial charge is 0.292 e. The van der Waals surface area contributed by atoms with Gasteiger partial charge in [0.2, 0.25) is 0 Å². The lowest BCUT2D eigenvalue weighted by molar-refractivity contribution is -0.383. The second kappa shape index (κ2) is 4.93. The Morgan fingerprint density at radius 1 is 1.05 bits per heavy atom. The second-order valence-corrected chi connectivity index (χ2v) is 6.34. The molecular formula is C13H12N2O4S. The Hall–Kier alpha value is -2.41. The van der Waals surface area contributed by atoms with Crippen LogP contribution in [0.1, 0.15) is 0 Å². The van der Waals surface area contributed by atoms with E-state index in [0.29, 0.717) is 11.1 Å². The van der Waals surface area contributed by atoms with E-state index in [1.807, 2.05) is 0 Å². The highest BCUT2D eigenvalue weighted by Crippen LogP contribution is 2.29. The number of hydrogen-bond donors (Lipinski definition) is 1. The first-order valence-corrected chi connectivity index (χ1v) is 7.52. The first kappa shape index (κ1) is 14.0. The van der Waals surface area contributed by atoms with Crippen LogP contribution in [0, 0.1) is 10.1 Å². The molecule has 0 radical (unpaired) electrons. The fraction of sp³-hybridized carbons (Fsp3) is 0.0769. The fourth-order valence-corrected chi connectivity index (χ4v) is 2.41. The Labute approximate surface area is 115 Å². The number of nitrogens with zero attached hydrogens (tertiary/aromatic N) is 1. The van der Waals surface area contributed by atoms with Crippen LogP contribution in [0.4, 0.5) is 11.4 Å². The van der Waals surface area contributed by atoms with Crippen molar-refractivity contribution < 1.29 is 13.3 Å². The molecule has 0 aliphatic heterocycles. The zero-order valence-corrected chi connectivity index (χ0v) is 11.4. The predicted molar refractivity (Wildman–Crippen MR) is 76.1 cm³/mol. The Kier molecular flexibility index (Phi) is 3.46. The number of benzene rings is 2. The molecular weight excluding hydrogens is 280 g/mol. The first-order chi connectivity index (χ1) is 9.29. The van der Waals surface area contributed by atoms with Gasteiger partial charge in [-0.3, -0.25) is 10.1 Å². The molecule has 0 aliphatic rings. The maximum atomic E-state index is 11.4. The van der Waals surface area contributed by atoms with E-state index in [0.717, 1.165) is 6.26 Å². The van der Waals surface area contributed by atoms with Gasteiger partial charge in [0.05, 0.1) is 9.82 Å². The highest BCUT2D eigenvalue weighted by molar-refractivity contribution is 7.90. The summed E-state index contributed by atoms with van der Waals surface area (Å²) in [7, 11) is -3.26. The summed E-state index contributed by atoms with van der Waals surface area (Å²) in [6.45, 7) is 0. The number of anilines is 1. The molecule has 0 saturated carbocycles. The summed E-state index contributed by atoms with van der Waals surface area (Å²) < 4.78 is 22.7. The maximum Gasteiger partial charge on any atom is 0.292 e. The molecule has 2 rings (SSSR count). The standard InChI is InChI=1S/C13H12N2O4S/c1-20(18,19)11-5-2-9(3-6-11)10-4-7-12(14)13(8-10)15(16)17/h2-8H,14H2,1H3. The van der Waals surface area contributed by atoms with Gasteiger partial charge >= 0.3 is 0 Å². The minimum atomic E-state index is -3.26. The molecule has 0 aromatic heterocycles. The summed E-state index contributed by atoms with van der Waals surface area (Å²) in [5, 5.41) is 10.8. The van der Waals surface area contributed by atoms with Gasteiger partial charge in [0.25, 0.3) is 5.69 Å². The van der Waals surface area contributed by atoms with Crippen LogP contribution in [0.2, 0.25) is 0 Å². The third-order valence-electron chi connectivity index (χ3n) is 2.84. The van der Waals surface area contributed by atoms with Crippen molar-refractivity contribution in [3.05, 3.63) is 52.6 Å². The van der Waals surface area contributed by atoms with Crippen LogP contribution in [0.15, 0.2) is 47.4 Å². The number of nitro benzene ring substituents is 1. The SMILES string of the molecule is CS(=O)(=O)c1ccc(-c2ccc(N)c([N+](=O)[O-])c2)cc1. The van der Waals surface area contributed by atoms with Gasteiger partial charge in [0.1, 0.15) is 5.69 Å². The van der Waals surface area contributed by atoms with E-state index in [2.05, 4.69) is 0 Å². The van der Waals surface area contributed by atoms with Crippen LogP contribution in [-0.2, 0) is 9.84 Å². The van der Waals surface area contributed by atoms with Gasteiger partial charge in [-0.05, 0) is 29.3 Å². The Morgan fingerprint density at radius 3 is 2.10 bits per heavy atom. The molecule has 0 heterocycles. The number of rotatable bonds is 3. The van der Waals surface area contributed by atoms with E-state index in [9.17, 15) is 18.5 Å². The highest BCUT2D eigenvalue weighted by Gasteiger charge is 2.13. The second-order valence-electron chi connectivity index (χ2n) is 4.33. The molecule has 2 aromatic carbocycles. The number of hydrogen-bond acceptors (Lipinski definition) is 5. The molecule has 0 atom stereocenters. The Bertz CT molecular complexity index is 767. The Morgan fingerprint density at radius 2 is 1.60 bits per heavy atom. The molecule has 2 N–H and O–H groups in total. The summed E-state index contributed by atoms with van der Waals surface area (Å²) in [6, 6.07) is 10.6. The average molecular weight is 292 g/mol. The van der Waals surface area contributed by atoms with Crippen LogP contribution in [0.5, 0.6) is 0 Å². The quantitative estimate of drug-likeness (QED) is 0.531. The molecule has 0 bridgehead atoms. The Balaban J connectivity index is 2.47. The monoisotopic (exact) mass is 292 g/mol. The molecule has 0 unspecified atom stereocenters. The molecule has 20 heavy (non-hydrogen) atoms. The van der Waals surface area contributed by atoms with Crippen molar-refractivity contribution in [2.45, 2.75) is 4.90 Å². The van der Waals surface area contributed by atoms with Gasteiger partial charge in [0, 0.05) is 12.3 Å². The van der Waals surface area contributed by atoms with Gasteiger partial charge in [-0.1, -0.05) is 18.2 Å². The van der Waals surface area contributed by atoms with Crippen LogP contribution >= 0.6 is 0 Å². The van der Waals surface area contributed by atoms with Crippen LogP contribution in [0.3, 0.4) is 0 Å². The summed E-state index contributed by atoms with van der Waals surface area (Å²) in [5.41, 5.74) is 6.73. The van der Waals surface area contributed by atoms with E-state index < -0.39 is 14.8 Å². The van der Waals surface area contributed by atoms with Gasteiger partial charge in [-0.15, -0.1) is 0 Å². The summed E-state index contributed by atoms with van der Waals surface area (Å²) >= 11 is 0. The van der Waals surface area contributed by atoms with Crippen molar-refractivity contribution in [2.24, 2.45) is 0 Å². The van der Waals surface area contributed by atoms with E-state index in [4.69, 9.17) is 5.73 Å². The van der Waals surface area contributed by atoms with Gasteiger partial charge < -0.3 is 5.73 Å². The lowest BCUT2D eigenvalue weighted by Gasteiger charge is -2.05. The van der Waals surface area contributed by atoms with Crippen molar-refractivity contribution in [1.29, 1.82) is 0 Å². The number of sulfone groups is 1. The van der Waals surface area contributed by atoms with Crippen molar-refractivity contribution in [1.82, 2.24) is 0 Å². The zero-order valence-electron chi connectivity index (χ0n) is 10.6. The topological polar surface area (TPSA) is 103 Å². The zero-order chi connectivity index (χ0) is 14.9. The third kappa shape index (κ3) is 2.77. The van der Waals surface area contributed by atoms with Crippen LogP contribution in [-0.4, -0.2) is 19.6 Å². The molecule has 0 fully saturated rings. The summed E-state index contributed by atoms with van der Waals surface area (Å²) in [6.07, 6.45) is 1.12. The molecule has 0 aliphatic carbocycles. The third-order valence-corrected chi connectivity index (χ3v) is 3.97. The normalized spacial score (nSPS) is 11.2. The summed E-state index contributed by atoms with van der Waals surface area (Å²) in [5.74, 6) is 0. The van der Waals surface area contributed by atoms with E-state index >= 15 is 0 Å². The predicted octanol–water partition coefficient (Wildman–Crippen LogP) is 2.25.